The zero-order chi connectivity index (χ0) is 25.9. The number of aromatic amines is 1. The van der Waals surface area contributed by atoms with Crippen molar-refractivity contribution in [2.75, 3.05) is 24.4 Å². The molecule has 0 amide bonds. The van der Waals surface area contributed by atoms with Gasteiger partial charge in [0, 0.05) is 29.5 Å². The van der Waals surface area contributed by atoms with Crippen LogP contribution in [0.1, 0.15) is 31.2 Å². The van der Waals surface area contributed by atoms with Gasteiger partial charge in [-0.2, -0.15) is 0 Å². The van der Waals surface area contributed by atoms with Crippen molar-refractivity contribution in [2.24, 2.45) is 0 Å². The van der Waals surface area contributed by atoms with Crippen molar-refractivity contribution >= 4 is 40.1 Å². The number of aromatic nitrogens is 3. The van der Waals surface area contributed by atoms with Gasteiger partial charge in [0.2, 0.25) is 0 Å². The molecule has 4 aromatic rings. The molecule has 2 aromatic heterocycles. The maximum atomic E-state index is 13.5. The molecule has 3 heterocycles. The summed E-state index contributed by atoms with van der Waals surface area (Å²) in [5, 5.41) is 1.39. The molecule has 37 heavy (non-hydrogen) atoms. The van der Waals surface area contributed by atoms with Gasteiger partial charge in [0.25, 0.3) is 5.56 Å². The highest BCUT2D eigenvalue weighted by Crippen LogP contribution is 2.31. The minimum absolute atomic E-state index is 0.271. The van der Waals surface area contributed by atoms with Gasteiger partial charge in [-0.1, -0.05) is 24.6 Å². The lowest BCUT2D eigenvalue weighted by atomic mass is 10.1. The minimum Gasteiger partial charge on any atom is -0.328 e. The number of hydrogen-bond donors (Lipinski definition) is 2. The average molecular weight is 542 g/mol. The Kier molecular flexibility index (Phi) is 7.73. The lowest BCUT2D eigenvalue weighted by Gasteiger charge is -2.30. The standard InChI is InChI=1S/C27H26ClF2N5OS/c1-2-35-7-5-20(6-8-35)37-34-25-14-24-21(13-22(25)28)27(36)33-26(32-24)9-16-3-4-23(31-15-16)17-10-18(29)12-19(30)11-17/h3-4,10-15,20,34H,2,5-9H2,1H3,(H,32,33,36). The van der Waals surface area contributed by atoms with Crippen molar-refractivity contribution in [3.8, 4) is 11.3 Å². The maximum absolute atomic E-state index is 13.5. The zero-order valence-electron chi connectivity index (χ0n) is 20.2. The van der Waals surface area contributed by atoms with E-state index in [1.165, 1.54) is 12.1 Å². The van der Waals surface area contributed by atoms with E-state index in [0.29, 0.717) is 44.7 Å². The van der Waals surface area contributed by atoms with Crippen LogP contribution in [0.5, 0.6) is 0 Å². The summed E-state index contributed by atoms with van der Waals surface area (Å²) >= 11 is 8.14. The van der Waals surface area contributed by atoms with E-state index in [4.69, 9.17) is 11.6 Å². The molecular weight excluding hydrogens is 516 g/mol. The number of nitrogens with one attached hydrogen (secondary N) is 2. The number of hydrogen-bond acceptors (Lipinski definition) is 6. The first kappa shape index (κ1) is 25.6. The molecule has 1 fully saturated rings. The third-order valence-corrected chi connectivity index (χ3v) is 7.97. The number of anilines is 1. The Bertz CT molecular complexity index is 1450. The second kappa shape index (κ2) is 11.2. The lowest BCUT2D eigenvalue weighted by Crippen LogP contribution is -2.34. The van der Waals surface area contributed by atoms with E-state index in [1.807, 2.05) is 6.07 Å². The highest BCUT2D eigenvalue weighted by atomic mass is 35.5. The molecule has 2 aromatic carbocycles. The normalized spacial score (nSPS) is 14.8. The van der Waals surface area contributed by atoms with Crippen molar-refractivity contribution in [3.05, 3.63) is 87.1 Å². The Labute approximate surface area is 222 Å². The summed E-state index contributed by atoms with van der Waals surface area (Å²) in [5.74, 6) is -0.835. The van der Waals surface area contributed by atoms with Gasteiger partial charge in [-0.25, -0.2) is 13.8 Å². The third-order valence-electron chi connectivity index (χ3n) is 6.52. The van der Waals surface area contributed by atoms with Crippen LogP contribution in [0.4, 0.5) is 14.5 Å². The predicted molar refractivity (Wildman–Crippen MR) is 146 cm³/mol. The Balaban J connectivity index is 1.32. The molecule has 0 aliphatic carbocycles. The van der Waals surface area contributed by atoms with Crippen LogP contribution < -0.4 is 10.3 Å². The van der Waals surface area contributed by atoms with Gasteiger partial charge < -0.3 is 14.6 Å². The molecule has 0 bridgehead atoms. The van der Waals surface area contributed by atoms with Gasteiger partial charge in [-0.3, -0.25) is 9.78 Å². The van der Waals surface area contributed by atoms with Crippen LogP contribution in [0.2, 0.25) is 5.02 Å². The first-order valence-electron chi connectivity index (χ1n) is 12.2. The number of likely N-dealkylation sites (tertiary alicyclic amines) is 1. The van der Waals surface area contributed by atoms with Gasteiger partial charge in [0.1, 0.15) is 17.5 Å². The van der Waals surface area contributed by atoms with E-state index in [2.05, 4.69) is 31.5 Å². The summed E-state index contributed by atoms with van der Waals surface area (Å²) in [7, 11) is 0. The molecule has 2 N–H and O–H groups in total. The van der Waals surface area contributed by atoms with E-state index in [1.54, 1.807) is 36.3 Å². The van der Waals surface area contributed by atoms with Crippen LogP contribution >= 0.6 is 23.5 Å². The molecule has 10 heteroatoms. The first-order chi connectivity index (χ1) is 17.9. The summed E-state index contributed by atoms with van der Waals surface area (Å²) in [5.41, 5.74) is 2.61. The molecule has 1 aliphatic heterocycles. The molecule has 0 atom stereocenters. The third kappa shape index (κ3) is 6.11. The fourth-order valence-electron chi connectivity index (χ4n) is 4.45. The second-order valence-electron chi connectivity index (χ2n) is 9.10. The zero-order valence-corrected chi connectivity index (χ0v) is 21.8. The number of fused-ring (bicyclic) bond motifs is 1. The van der Waals surface area contributed by atoms with Crippen LogP contribution in [-0.2, 0) is 6.42 Å². The van der Waals surface area contributed by atoms with Crippen LogP contribution in [0.15, 0.2) is 53.5 Å². The predicted octanol–water partition coefficient (Wildman–Crippen LogP) is 6.05. The lowest BCUT2D eigenvalue weighted by molar-refractivity contribution is 0.244. The van der Waals surface area contributed by atoms with E-state index >= 15 is 0 Å². The average Bonchev–Trinajstić information content (AvgIpc) is 2.88. The number of nitrogens with zero attached hydrogens (tertiary/aromatic N) is 3. The van der Waals surface area contributed by atoms with Gasteiger partial charge in [-0.15, -0.1) is 0 Å². The first-order valence-corrected chi connectivity index (χ1v) is 13.4. The van der Waals surface area contributed by atoms with Crippen LogP contribution in [0.25, 0.3) is 22.2 Å². The minimum atomic E-state index is -0.659. The van der Waals surface area contributed by atoms with Gasteiger partial charge in [0.05, 0.1) is 27.3 Å². The smallest absolute Gasteiger partial charge is 0.258 e. The van der Waals surface area contributed by atoms with Crippen molar-refractivity contribution in [1.29, 1.82) is 0 Å². The number of H-pyrrole nitrogens is 1. The molecule has 192 valence electrons. The van der Waals surface area contributed by atoms with Crippen LogP contribution in [-0.4, -0.2) is 44.7 Å². The molecule has 0 radical (unpaired) electrons. The molecule has 5 rings (SSSR count). The maximum Gasteiger partial charge on any atom is 0.258 e. The summed E-state index contributed by atoms with van der Waals surface area (Å²) in [6, 6.07) is 10.2. The van der Waals surface area contributed by atoms with Crippen molar-refractivity contribution in [2.45, 2.75) is 31.4 Å². The molecule has 1 saturated heterocycles. The Morgan fingerprint density at radius 3 is 2.57 bits per heavy atom. The molecule has 0 unspecified atom stereocenters. The number of halogens is 3. The van der Waals surface area contributed by atoms with Gasteiger partial charge in [0.15, 0.2) is 0 Å². The quantitative estimate of drug-likeness (QED) is 0.277. The van der Waals surface area contributed by atoms with E-state index in [0.717, 1.165) is 49.8 Å². The summed E-state index contributed by atoms with van der Waals surface area (Å²) < 4.78 is 30.5. The van der Waals surface area contributed by atoms with Gasteiger partial charge >= 0.3 is 0 Å². The largest absolute Gasteiger partial charge is 0.328 e. The fourth-order valence-corrected chi connectivity index (χ4v) is 5.63. The summed E-state index contributed by atoms with van der Waals surface area (Å²) in [4.78, 5) is 27.0. The van der Waals surface area contributed by atoms with Crippen molar-refractivity contribution in [1.82, 2.24) is 19.9 Å². The number of piperidine rings is 1. The number of rotatable bonds is 7. The molecular formula is C27H26ClF2N5OS. The van der Waals surface area contributed by atoms with E-state index in [9.17, 15) is 13.6 Å². The van der Waals surface area contributed by atoms with Crippen molar-refractivity contribution in [3.63, 3.8) is 0 Å². The van der Waals surface area contributed by atoms with Crippen LogP contribution in [0.3, 0.4) is 0 Å². The number of pyridine rings is 1. The number of benzene rings is 2. The summed E-state index contributed by atoms with van der Waals surface area (Å²) in [6.45, 7) is 5.45. The van der Waals surface area contributed by atoms with E-state index < -0.39 is 11.6 Å². The monoisotopic (exact) mass is 541 g/mol. The SMILES string of the molecule is CCN1CCC(SNc2cc3nc(Cc4ccc(-c5cc(F)cc(F)c5)nc4)[nH]c(=O)c3cc2Cl)CC1. The Morgan fingerprint density at radius 2 is 1.89 bits per heavy atom. The molecule has 0 saturated carbocycles. The van der Waals surface area contributed by atoms with Gasteiger partial charge in [-0.05, 0) is 80.3 Å². The molecule has 1 aliphatic rings. The Morgan fingerprint density at radius 1 is 1.14 bits per heavy atom. The molecule has 0 spiro atoms. The summed E-state index contributed by atoms with van der Waals surface area (Å²) in [6.07, 6.45) is 4.17. The fraction of sp³-hybridized carbons (Fsp3) is 0.296. The topological polar surface area (TPSA) is 73.9 Å². The highest BCUT2D eigenvalue weighted by Gasteiger charge is 2.19. The van der Waals surface area contributed by atoms with Crippen LogP contribution in [0, 0.1) is 11.6 Å². The van der Waals surface area contributed by atoms with E-state index in [-0.39, 0.29) is 5.56 Å². The van der Waals surface area contributed by atoms with Crippen molar-refractivity contribution < 1.29 is 8.78 Å². The second-order valence-corrected chi connectivity index (χ2v) is 10.6. The molecule has 6 nitrogen and oxygen atoms in total. The highest BCUT2D eigenvalue weighted by molar-refractivity contribution is 8.01. The Hall–Kier alpha value is -3.01.